The van der Waals surface area contributed by atoms with Crippen LogP contribution in [0.3, 0.4) is 0 Å². The van der Waals surface area contributed by atoms with Crippen LogP contribution < -0.4 is 10.0 Å². The summed E-state index contributed by atoms with van der Waals surface area (Å²) in [6.45, 7) is 0.643. The normalized spacial score (nSPS) is 18.6. The third-order valence-corrected chi connectivity index (χ3v) is 3.89. The van der Waals surface area contributed by atoms with Gasteiger partial charge in [0.1, 0.15) is 11.4 Å². The van der Waals surface area contributed by atoms with Crippen molar-refractivity contribution in [2.24, 2.45) is 0 Å². The van der Waals surface area contributed by atoms with Gasteiger partial charge in [0, 0.05) is 12.7 Å². The predicted octanol–water partition coefficient (Wildman–Crippen LogP) is 2.11. The van der Waals surface area contributed by atoms with E-state index in [9.17, 15) is 14.4 Å². The molecule has 0 saturated carbocycles. The minimum Gasteiger partial charge on any atom is -0.619 e. The van der Waals surface area contributed by atoms with Crippen LogP contribution in [-0.4, -0.2) is 18.6 Å². The van der Waals surface area contributed by atoms with E-state index in [0.29, 0.717) is 11.3 Å². The van der Waals surface area contributed by atoms with E-state index < -0.39 is 0 Å². The molecule has 0 radical (unpaired) electrons. The smallest absolute Gasteiger partial charge is 0.257 e. The molecule has 5 nitrogen and oxygen atoms in total. The summed E-state index contributed by atoms with van der Waals surface area (Å²) in [7, 11) is 0. The van der Waals surface area contributed by atoms with Gasteiger partial charge in [0.15, 0.2) is 12.4 Å². The maximum atomic E-state index is 13.1. The molecule has 0 bridgehead atoms. The second-order valence-corrected chi connectivity index (χ2v) is 5.51. The van der Waals surface area contributed by atoms with Gasteiger partial charge in [-0.15, -0.1) is 0 Å². The first-order chi connectivity index (χ1) is 11.1. The lowest BCUT2D eigenvalue weighted by Gasteiger charge is -2.24. The van der Waals surface area contributed by atoms with Crippen LogP contribution in [0.5, 0.6) is 0 Å². The SMILES string of the molecule is O=C(N[C@@H](c1ccc(F)cc1)[C@@H]1CCCO1)c1ccc[n+]([O-])c1. The molecule has 23 heavy (non-hydrogen) atoms. The van der Waals surface area contributed by atoms with E-state index >= 15 is 0 Å². The van der Waals surface area contributed by atoms with E-state index in [1.807, 2.05) is 0 Å². The predicted molar refractivity (Wildman–Crippen MR) is 81.0 cm³/mol. The molecule has 1 aromatic carbocycles. The molecule has 120 valence electrons. The first-order valence-electron chi connectivity index (χ1n) is 7.50. The minimum atomic E-state index is -0.383. The summed E-state index contributed by atoms with van der Waals surface area (Å²) < 4.78 is 19.4. The summed E-state index contributed by atoms with van der Waals surface area (Å²) in [6.07, 6.45) is 4.11. The van der Waals surface area contributed by atoms with Crippen LogP contribution in [0.2, 0.25) is 0 Å². The molecule has 0 unspecified atom stereocenters. The standard InChI is InChI=1S/C17H17FN2O3/c18-14-7-5-12(6-8-14)16(15-4-2-10-23-15)19-17(21)13-3-1-9-20(22)11-13/h1,3,5-9,11,15-16H,2,4,10H2,(H,19,21)/t15-,16-/m0/s1. The van der Waals surface area contributed by atoms with Gasteiger partial charge >= 0.3 is 0 Å². The van der Waals surface area contributed by atoms with Gasteiger partial charge in [-0.3, -0.25) is 4.79 Å². The number of rotatable bonds is 4. The Morgan fingerprint density at radius 2 is 2.13 bits per heavy atom. The number of nitrogens with zero attached hydrogens (tertiary/aromatic N) is 1. The molecule has 1 aliphatic heterocycles. The van der Waals surface area contributed by atoms with Gasteiger partial charge in [-0.05, 0) is 36.6 Å². The zero-order chi connectivity index (χ0) is 16.2. The van der Waals surface area contributed by atoms with E-state index in [0.717, 1.165) is 18.4 Å². The van der Waals surface area contributed by atoms with E-state index in [1.54, 1.807) is 18.2 Å². The molecule has 2 heterocycles. The number of hydrogen-bond acceptors (Lipinski definition) is 3. The Hall–Kier alpha value is -2.47. The maximum Gasteiger partial charge on any atom is 0.257 e. The summed E-state index contributed by atoms with van der Waals surface area (Å²) >= 11 is 0. The van der Waals surface area contributed by atoms with E-state index in [4.69, 9.17) is 4.74 Å². The number of ether oxygens (including phenoxy) is 1. The van der Waals surface area contributed by atoms with Crippen molar-refractivity contribution in [2.45, 2.75) is 25.0 Å². The molecule has 2 aromatic rings. The van der Waals surface area contributed by atoms with Crippen molar-refractivity contribution in [1.82, 2.24) is 5.32 Å². The second kappa shape index (κ2) is 6.75. The van der Waals surface area contributed by atoms with Gasteiger partial charge in [0.05, 0.1) is 12.1 Å². The van der Waals surface area contributed by atoms with Crippen molar-refractivity contribution < 1.29 is 18.7 Å². The number of carbonyl (C=O) groups excluding carboxylic acids is 1. The van der Waals surface area contributed by atoms with Crippen LogP contribution in [0.4, 0.5) is 4.39 Å². The number of benzene rings is 1. The zero-order valence-electron chi connectivity index (χ0n) is 12.4. The molecule has 1 amide bonds. The number of hydrogen-bond donors (Lipinski definition) is 1. The summed E-state index contributed by atoms with van der Waals surface area (Å²) in [6, 6.07) is 8.70. The Labute approximate surface area is 133 Å². The molecule has 0 aliphatic carbocycles. The first kappa shape index (κ1) is 15.4. The average Bonchev–Trinajstić information content (AvgIpc) is 3.07. The van der Waals surface area contributed by atoms with Crippen LogP contribution >= 0.6 is 0 Å². The number of aromatic nitrogens is 1. The van der Waals surface area contributed by atoms with Crippen molar-refractivity contribution in [3.8, 4) is 0 Å². The topological polar surface area (TPSA) is 65.3 Å². The number of amides is 1. The fraction of sp³-hybridized carbons (Fsp3) is 0.294. The van der Waals surface area contributed by atoms with Crippen molar-refractivity contribution in [1.29, 1.82) is 0 Å². The highest BCUT2D eigenvalue weighted by molar-refractivity contribution is 5.93. The van der Waals surface area contributed by atoms with Crippen LogP contribution in [0, 0.1) is 11.0 Å². The molecule has 1 saturated heterocycles. The summed E-state index contributed by atoms with van der Waals surface area (Å²) in [5.74, 6) is -0.693. The number of pyridine rings is 1. The van der Waals surface area contributed by atoms with Crippen molar-refractivity contribution in [3.05, 3.63) is 70.9 Å². The van der Waals surface area contributed by atoms with Gasteiger partial charge < -0.3 is 15.3 Å². The largest absolute Gasteiger partial charge is 0.619 e. The molecule has 1 aromatic heterocycles. The van der Waals surface area contributed by atoms with E-state index in [1.165, 1.54) is 30.6 Å². The van der Waals surface area contributed by atoms with Gasteiger partial charge in [0.25, 0.3) is 5.91 Å². The number of carbonyl (C=O) groups is 1. The fourth-order valence-electron chi connectivity index (χ4n) is 2.74. The van der Waals surface area contributed by atoms with Crippen LogP contribution in [0.15, 0.2) is 48.8 Å². The summed E-state index contributed by atoms with van der Waals surface area (Å²) in [5, 5.41) is 14.2. The molecule has 1 fully saturated rings. The lowest BCUT2D eigenvalue weighted by atomic mass is 9.99. The molecule has 2 atom stereocenters. The zero-order valence-corrected chi connectivity index (χ0v) is 12.4. The summed E-state index contributed by atoms with van der Waals surface area (Å²) in [5.41, 5.74) is 1.05. The fourth-order valence-corrected chi connectivity index (χ4v) is 2.74. The maximum absolute atomic E-state index is 13.1. The highest BCUT2D eigenvalue weighted by Gasteiger charge is 2.29. The molecule has 3 rings (SSSR count). The Balaban J connectivity index is 1.83. The van der Waals surface area contributed by atoms with Crippen molar-refractivity contribution in [2.75, 3.05) is 6.61 Å². The average molecular weight is 316 g/mol. The van der Waals surface area contributed by atoms with Crippen LogP contribution in [0.25, 0.3) is 0 Å². The molecular formula is C17H17FN2O3. The van der Waals surface area contributed by atoms with Crippen LogP contribution in [-0.2, 0) is 4.74 Å². The Morgan fingerprint density at radius 1 is 1.35 bits per heavy atom. The first-order valence-corrected chi connectivity index (χ1v) is 7.50. The minimum absolute atomic E-state index is 0.160. The van der Waals surface area contributed by atoms with Gasteiger partial charge in [0.2, 0.25) is 0 Å². The molecule has 0 spiro atoms. The van der Waals surface area contributed by atoms with E-state index in [2.05, 4.69) is 5.32 Å². The van der Waals surface area contributed by atoms with Gasteiger partial charge in [-0.1, -0.05) is 12.1 Å². The molecular weight excluding hydrogens is 299 g/mol. The number of nitrogens with one attached hydrogen (secondary N) is 1. The third kappa shape index (κ3) is 3.65. The Kier molecular flexibility index (Phi) is 4.52. The lowest BCUT2D eigenvalue weighted by molar-refractivity contribution is -0.605. The summed E-state index contributed by atoms with van der Waals surface area (Å²) in [4.78, 5) is 12.4. The Bertz CT molecular complexity index is 684. The quantitative estimate of drug-likeness (QED) is 0.694. The van der Waals surface area contributed by atoms with Gasteiger partial charge in [-0.2, -0.15) is 4.73 Å². The van der Waals surface area contributed by atoms with E-state index in [-0.39, 0.29) is 29.4 Å². The molecule has 1 aliphatic rings. The highest BCUT2D eigenvalue weighted by atomic mass is 19.1. The monoisotopic (exact) mass is 316 g/mol. The third-order valence-electron chi connectivity index (χ3n) is 3.89. The molecule has 1 N–H and O–H groups in total. The Morgan fingerprint density at radius 3 is 2.78 bits per heavy atom. The van der Waals surface area contributed by atoms with Crippen LogP contribution in [0.1, 0.15) is 34.8 Å². The van der Waals surface area contributed by atoms with Crippen molar-refractivity contribution in [3.63, 3.8) is 0 Å². The van der Waals surface area contributed by atoms with Gasteiger partial charge in [-0.25, -0.2) is 4.39 Å². The number of halogens is 1. The van der Waals surface area contributed by atoms with Crippen molar-refractivity contribution >= 4 is 5.91 Å². The second-order valence-electron chi connectivity index (χ2n) is 5.51. The highest BCUT2D eigenvalue weighted by Crippen LogP contribution is 2.27. The molecule has 6 heteroatoms. The lowest BCUT2D eigenvalue weighted by Crippen LogP contribution is -2.37.